The molecule has 0 radical (unpaired) electrons. The van der Waals surface area contributed by atoms with Gasteiger partial charge in [-0.15, -0.1) is 0 Å². The molecule has 0 unspecified atom stereocenters. The first-order chi connectivity index (χ1) is 13.3. The Labute approximate surface area is 161 Å². The molecule has 2 aromatic carbocycles. The zero-order valence-corrected chi connectivity index (χ0v) is 16.0. The number of hydrogen-bond donors (Lipinski definition) is 1. The summed E-state index contributed by atoms with van der Waals surface area (Å²) < 4.78 is 41.6. The van der Waals surface area contributed by atoms with Crippen LogP contribution in [0, 0.1) is 11.7 Å². The Kier molecular flexibility index (Phi) is 4.64. The Balaban J connectivity index is 1.46. The highest BCUT2D eigenvalue weighted by atomic mass is 32.2. The van der Waals surface area contributed by atoms with Crippen LogP contribution < -0.4 is 5.32 Å². The van der Waals surface area contributed by atoms with Gasteiger partial charge >= 0.3 is 0 Å². The molecule has 1 saturated heterocycles. The van der Waals surface area contributed by atoms with Crippen LogP contribution in [0.25, 0.3) is 11.0 Å². The van der Waals surface area contributed by atoms with Gasteiger partial charge in [0, 0.05) is 25.8 Å². The first-order valence-electron chi connectivity index (χ1n) is 8.82. The third-order valence-electron chi connectivity index (χ3n) is 4.97. The van der Waals surface area contributed by atoms with Gasteiger partial charge in [0.25, 0.3) is 0 Å². The number of nitrogens with one attached hydrogen (secondary N) is 1. The minimum Gasteiger partial charge on any atom is -0.334 e. The Hall–Kier alpha value is -2.78. The molecule has 0 saturated carbocycles. The molecule has 2 heterocycles. The highest BCUT2D eigenvalue weighted by Gasteiger charge is 2.35. The molecule has 1 fully saturated rings. The van der Waals surface area contributed by atoms with Gasteiger partial charge in [0.05, 0.1) is 28.2 Å². The molecule has 1 aliphatic heterocycles. The molecule has 1 aliphatic rings. The normalized spacial score (nSPS) is 17.9. The van der Waals surface area contributed by atoms with Gasteiger partial charge < -0.3 is 9.88 Å². The second kappa shape index (κ2) is 6.99. The molecular weight excluding hydrogens is 383 g/mol. The van der Waals surface area contributed by atoms with Crippen molar-refractivity contribution in [1.29, 1.82) is 0 Å². The number of anilines is 1. The predicted molar refractivity (Wildman–Crippen MR) is 103 cm³/mol. The van der Waals surface area contributed by atoms with E-state index in [9.17, 15) is 17.6 Å². The van der Waals surface area contributed by atoms with Gasteiger partial charge in [-0.25, -0.2) is 17.8 Å². The SMILES string of the molecule is Cn1cnc2ccc(NC(=O)[C@H]3CCN(S(=O)(=O)c4ccc(F)cc4)C3)cc21. The van der Waals surface area contributed by atoms with Gasteiger partial charge in [0.1, 0.15) is 5.82 Å². The maximum Gasteiger partial charge on any atom is 0.243 e. The Morgan fingerprint density at radius 3 is 2.71 bits per heavy atom. The summed E-state index contributed by atoms with van der Waals surface area (Å²) >= 11 is 0. The predicted octanol–water partition coefficient (Wildman–Crippen LogP) is 2.36. The lowest BCUT2D eigenvalue weighted by molar-refractivity contribution is -0.119. The Morgan fingerprint density at radius 2 is 1.96 bits per heavy atom. The smallest absolute Gasteiger partial charge is 0.243 e. The van der Waals surface area contributed by atoms with E-state index < -0.39 is 21.8 Å². The molecule has 1 N–H and O–H groups in total. The molecule has 0 bridgehead atoms. The largest absolute Gasteiger partial charge is 0.334 e. The number of benzene rings is 2. The number of carbonyl (C=O) groups is 1. The van der Waals surface area contributed by atoms with Gasteiger partial charge in [-0.2, -0.15) is 4.31 Å². The quantitative estimate of drug-likeness (QED) is 0.726. The van der Waals surface area contributed by atoms with Crippen LogP contribution in [-0.2, 0) is 21.9 Å². The number of halogens is 1. The molecule has 4 rings (SSSR count). The highest BCUT2D eigenvalue weighted by Crippen LogP contribution is 2.26. The minimum absolute atomic E-state index is 0.0246. The first kappa shape index (κ1) is 18.6. The lowest BCUT2D eigenvalue weighted by atomic mass is 10.1. The third-order valence-corrected chi connectivity index (χ3v) is 6.85. The maximum atomic E-state index is 13.1. The van der Waals surface area contributed by atoms with Crippen LogP contribution in [0.5, 0.6) is 0 Å². The van der Waals surface area contributed by atoms with E-state index in [0.29, 0.717) is 12.1 Å². The molecular formula is C19H19FN4O3S. The number of rotatable bonds is 4. The van der Waals surface area contributed by atoms with Crippen LogP contribution in [0.1, 0.15) is 6.42 Å². The van der Waals surface area contributed by atoms with E-state index >= 15 is 0 Å². The zero-order valence-electron chi connectivity index (χ0n) is 15.2. The molecule has 1 aromatic heterocycles. The van der Waals surface area contributed by atoms with Gasteiger partial charge in [0.2, 0.25) is 15.9 Å². The van der Waals surface area contributed by atoms with Crippen molar-refractivity contribution >= 4 is 32.7 Å². The second-order valence-corrected chi connectivity index (χ2v) is 8.79. The summed E-state index contributed by atoms with van der Waals surface area (Å²) in [7, 11) is -1.88. The van der Waals surface area contributed by atoms with Crippen molar-refractivity contribution in [3.8, 4) is 0 Å². The number of sulfonamides is 1. The lowest BCUT2D eigenvalue weighted by Gasteiger charge is -2.16. The van der Waals surface area contributed by atoms with Crippen LogP contribution in [-0.4, -0.2) is 41.3 Å². The molecule has 1 atom stereocenters. The van der Waals surface area contributed by atoms with Gasteiger partial charge in [-0.3, -0.25) is 4.79 Å². The Bertz CT molecular complexity index is 1140. The van der Waals surface area contributed by atoms with Gasteiger partial charge in [0.15, 0.2) is 0 Å². The van der Waals surface area contributed by atoms with Crippen LogP contribution >= 0.6 is 0 Å². The monoisotopic (exact) mass is 402 g/mol. The average molecular weight is 402 g/mol. The van der Waals surface area contributed by atoms with Crippen molar-refractivity contribution in [3.05, 3.63) is 54.6 Å². The average Bonchev–Trinajstić information content (AvgIpc) is 3.30. The van der Waals surface area contributed by atoms with E-state index in [-0.39, 0.29) is 23.9 Å². The summed E-state index contributed by atoms with van der Waals surface area (Å²) in [6.45, 7) is 0.345. The number of nitrogens with zero attached hydrogens (tertiary/aromatic N) is 3. The second-order valence-electron chi connectivity index (χ2n) is 6.85. The molecule has 3 aromatic rings. The van der Waals surface area contributed by atoms with Gasteiger partial charge in [-0.1, -0.05) is 0 Å². The minimum atomic E-state index is -3.75. The summed E-state index contributed by atoms with van der Waals surface area (Å²) in [5.74, 6) is -1.17. The summed E-state index contributed by atoms with van der Waals surface area (Å²) in [4.78, 5) is 16.9. The molecule has 146 valence electrons. The number of fused-ring (bicyclic) bond motifs is 1. The van der Waals surface area contributed by atoms with Crippen LogP contribution in [0.4, 0.5) is 10.1 Å². The van der Waals surface area contributed by atoms with Crippen molar-refractivity contribution in [1.82, 2.24) is 13.9 Å². The van der Waals surface area contributed by atoms with Gasteiger partial charge in [-0.05, 0) is 48.9 Å². The molecule has 0 aliphatic carbocycles. The van der Waals surface area contributed by atoms with Crippen molar-refractivity contribution in [3.63, 3.8) is 0 Å². The summed E-state index contributed by atoms with van der Waals surface area (Å²) in [6.07, 6.45) is 2.13. The third kappa shape index (κ3) is 3.38. The zero-order chi connectivity index (χ0) is 19.9. The van der Waals surface area contributed by atoms with Crippen LogP contribution in [0.3, 0.4) is 0 Å². The number of aromatic nitrogens is 2. The standard InChI is InChI=1S/C19H19FN4O3S/c1-23-12-21-17-7-4-15(10-18(17)23)22-19(25)13-8-9-24(11-13)28(26,27)16-5-2-14(20)3-6-16/h2-7,10,12-13H,8-9,11H2,1H3,(H,22,25)/t13-/m0/s1. The van der Waals surface area contributed by atoms with Crippen LogP contribution in [0.15, 0.2) is 53.7 Å². The van der Waals surface area contributed by atoms with E-state index in [1.807, 2.05) is 23.7 Å². The summed E-state index contributed by atoms with van der Waals surface area (Å²) in [5, 5.41) is 2.86. The van der Waals surface area contributed by atoms with Crippen molar-refractivity contribution < 1.29 is 17.6 Å². The molecule has 7 nitrogen and oxygen atoms in total. The number of aryl methyl sites for hydroxylation is 1. The fraction of sp³-hybridized carbons (Fsp3) is 0.263. The topological polar surface area (TPSA) is 84.3 Å². The van der Waals surface area contributed by atoms with E-state index in [4.69, 9.17) is 0 Å². The van der Waals surface area contributed by atoms with E-state index in [1.54, 1.807) is 12.4 Å². The maximum absolute atomic E-state index is 13.1. The number of carbonyl (C=O) groups excluding carboxylic acids is 1. The van der Waals surface area contributed by atoms with Crippen molar-refractivity contribution in [2.75, 3.05) is 18.4 Å². The summed E-state index contributed by atoms with van der Waals surface area (Å²) in [5.41, 5.74) is 2.36. The van der Waals surface area contributed by atoms with Crippen molar-refractivity contribution in [2.45, 2.75) is 11.3 Å². The number of hydrogen-bond acceptors (Lipinski definition) is 4. The highest BCUT2D eigenvalue weighted by molar-refractivity contribution is 7.89. The van der Waals surface area contributed by atoms with E-state index in [1.165, 1.54) is 16.4 Å². The van der Waals surface area contributed by atoms with E-state index in [0.717, 1.165) is 23.2 Å². The fourth-order valence-corrected chi connectivity index (χ4v) is 4.86. The molecule has 28 heavy (non-hydrogen) atoms. The first-order valence-corrected chi connectivity index (χ1v) is 10.3. The molecule has 1 amide bonds. The Morgan fingerprint density at radius 1 is 1.21 bits per heavy atom. The molecule has 9 heteroatoms. The van der Waals surface area contributed by atoms with E-state index in [2.05, 4.69) is 10.3 Å². The van der Waals surface area contributed by atoms with Crippen molar-refractivity contribution in [2.24, 2.45) is 13.0 Å². The molecule has 0 spiro atoms. The fourth-order valence-electron chi connectivity index (χ4n) is 3.36. The number of amides is 1. The van der Waals surface area contributed by atoms with Crippen LogP contribution in [0.2, 0.25) is 0 Å². The summed E-state index contributed by atoms with van der Waals surface area (Å²) in [6, 6.07) is 10.1. The number of imidazole rings is 1. The lowest BCUT2D eigenvalue weighted by Crippen LogP contribution is -2.31.